The molecule has 0 aliphatic heterocycles. The summed E-state index contributed by atoms with van der Waals surface area (Å²) in [5.41, 5.74) is 1.00. The number of carbonyl (C=O) groups is 2. The molecule has 0 bridgehead atoms. The minimum Gasteiger partial charge on any atom is -0.482 e. The van der Waals surface area contributed by atoms with E-state index in [1.807, 2.05) is 6.07 Å². The first-order valence-corrected chi connectivity index (χ1v) is 10.3. The van der Waals surface area contributed by atoms with Crippen LogP contribution in [0.25, 0.3) is 0 Å². The summed E-state index contributed by atoms with van der Waals surface area (Å²) in [5.74, 6) is -1.07. The van der Waals surface area contributed by atoms with E-state index in [0.717, 1.165) is 0 Å². The Labute approximate surface area is 196 Å². The molecule has 0 radical (unpaired) electrons. The number of carbonyl (C=O) groups excluding carboxylic acids is 2. The van der Waals surface area contributed by atoms with E-state index in [4.69, 9.17) is 14.7 Å². The van der Waals surface area contributed by atoms with Gasteiger partial charge in [-0.25, -0.2) is 4.79 Å². The first kappa shape index (κ1) is 23.4. The Morgan fingerprint density at radius 1 is 1.09 bits per heavy atom. The molecule has 3 aromatic carbocycles. The number of anilines is 1. The number of nitro benzene ring substituents is 1. The summed E-state index contributed by atoms with van der Waals surface area (Å²) < 4.78 is 11.1. The van der Waals surface area contributed by atoms with Crippen molar-refractivity contribution in [3.63, 3.8) is 0 Å². The molecule has 33 heavy (non-hydrogen) atoms. The topological polar surface area (TPSA) is 132 Å². The molecule has 0 aromatic heterocycles. The molecule has 0 aliphatic carbocycles. The van der Waals surface area contributed by atoms with E-state index in [1.165, 1.54) is 18.2 Å². The molecular weight excluding hydrogens is 494 g/mol. The van der Waals surface area contributed by atoms with Crippen LogP contribution in [-0.4, -0.2) is 23.4 Å². The van der Waals surface area contributed by atoms with Gasteiger partial charge in [-0.05, 0) is 46.3 Å². The fraction of sp³-hybridized carbons (Fsp3) is 0.0870. The molecule has 1 N–H and O–H groups in total. The number of benzene rings is 3. The molecule has 1 atom stereocenters. The molecule has 10 heteroatoms. The van der Waals surface area contributed by atoms with Gasteiger partial charge in [0.2, 0.25) is 6.10 Å². The lowest BCUT2D eigenvalue weighted by molar-refractivity contribution is -0.384. The quantitative estimate of drug-likeness (QED) is 0.268. The highest BCUT2D eigenvalue weighted by Crippen LogP contribution is 2.29. The molecule has 0 heterocycles. The first-order chi connectivity index (χ1) is 15.9. The molecule has 0 spiro atoms. The Balaban J connectivity index is 1.72. The van der Waals surface area contributed by atoms with Crippen LogP contribution in [0.15, 0.2) is 77.3 Å². The smallest absolute Gasteiger partial charge is 0.345 e. The van der Waals surface area contributed by atoms with Gasteiger partial charge in [-0.1, -0.05) is 30.3 Å². The van der Waals surface area contributed by atoms with Crippen LogP contribution in [0.5, 0.6) is 5.75 Å². The molecule has 0 saturated carbocycles. The van der Waals surface area contributed by atoms with Gasteiger partial charge in [0.1, 0.15) is 5.75 Å². The van der Waals surface area contributed by atoms with Crippen LogP contribution in [0.4, 0.5) is 11.4 Å². The Hall–Kier alpha value is -4.23. The third-order valence-electron chi connectivity index (χ3n) is 4.35. The maximum atomic E-state index is 12.9. The van der Waals surface area contributed by atoms with Crippen LogP contribution >= 0.6 is 15.9 Å². The molecular formula is C23H16BrN3O6. The number of nitro groups is 1. The molecule has 166 valence electrons. The molecule has 3 rings (SSSR count). The maximum Gasteiger partial charge on any atom is 0.345 e. The predicted molar refractivity (Wildman–Crippen MR) is 121 cm³/mol. The summed E-state index contributed by atoms with van der Waals surface area (Å²) in [6, 6.07) is 20.4. The van der Waals surface area contributed by atoms with E-state index < -0.39 is 29.5 Å². The highest BCUT2D eigenvalue weighted by atomic mass is 79.9. The number of non-ortho nitro benzene ring substituents is 1. The zero-order valence-electron chi connectivity index (χ0n) is 16.9. The van der Waals surface area contributed by atoms with Crippen LogP contribution in [0.2, 0.25) is 0 Å². The lowest BCUT2D eigenvalue weighted by Crippen LogP contribution is -2.28. The third-order valence-corrected chi connectivity index (χ3v) is 5.01. The van der Waals surface area contributed by atoms with Crippen molar-refractivity contribution in [3.8, 4) is 11.8 Å². The fourth-order valence-electron chi connectivity index (χ4n) is 2.75. The van der Waals surface area contributed by atoms with Gasteiger partial charge >= 0.3 is 5.97 Å². The number of ether oxygens (including phenoxy) is 2. The Morgan fingerprint density at radius 2 is 1.79 bits per heavy atom. The van der Waals surface area contributed by atoms with Crippen molar-refractivity contribution in [1.82, 2.24) is 0 Å². The number of nitriles is 1. The zero-order chi connectivity index (χ0) is 23.8. The second kappa shape index (κ2) is 10.9. The van der Waals surface area contributed by atoms with Crippen molar-refractivity contribution in [3.05, 3.63) is 98.5 Å². The van der Waals surface area contributed by atoms with Crippen molar-refractivity contribution >= 4 is 39.2 Å². The van der Waals surface area contributed by atoms with E-state index >= 15 is 0 Å². The second-order valence-electron chi connectivity index (χ2n) is 6.62. The predicted octanol–water partition coefficient (Wildman–Crippen LogP) is 4.53. The van der Waals surface area contributed by atoms with Gasteiger partial charge in [-0.2, -0.15) is 5.26 Å². The summed E-state index contributed by atoms with van der Waals surface area (Å²) in [5, 5.41) is 22.4. The van der Waals surface area contributed by atoms with Crippen LogP contribution < -0.4 is 10.1 Å². The zero-order valence-corrected chi connectivity index (χ0v) is 18.5. The van der Waals surface area contributed by atoms with Gasteiger partial charge in [0.25, 0.3) is 11.6 Å². The van der Waals surface area contributed by atoms with E-state index in [-0.39, 0.29) is 11.4 Å². The molecule has 9 nitrogen and oxygen atoms in total. The van der Waals surface area contributed by atoms with Gasteiger partial charge in [0, 0.05) is 22.2 Å². The monoisotopic (exact) mass is 509 g/mol. The minimum atomic E-state index is -1.29. The van der Waals surface area contributed by atoms with Crippen LogP contribution in [0.3, 0.4) is 0 Å². The van der Waals surface area contributed by atoms with E-state index in [0.29, 0.717) is 21.3 Å². The highest BCUT2D eigenvalue weighted by molar-refractivity contribution is 9.10. The Morgan fingerprint density at radius 3 is 2.39 bits per heavy atom. The van der Waals surface area contributed by atoms with Crippen molar-refractivity contribution in [2.24, 2.45) is 0 Å². The average Bonchev–Trinajstić information content (AvgIpc) is 2.83. The SMILES string of the molecule is N#Cc1ccc(OCC(=O)O[C@H](C(=O)Nc2ccc([N+](=O)[O-])cc2Br)c2ccccc2)cc1. The van der Waals surface area contributed by atoms with Crippen LogP contribution in [-0.2, 0) is 14.3 Å². The number of nitrogens with zero attached hydrogens (tertiary/aromatic N) is 2. The molecule has 0 fully saturated rings. The first-order valence-electron chi connectivity index (χ1n) is 9.49. The molecule has 0 saturated heterocycles. The molecule has 0 unspecified atom stereocenters. The summed E-state index contributed by atoms with van der Waals surface area (Å²) in [6.07, 6.45) is -1.29. The summed E-state index contributed by atoms with van der Waals surface area (Å²) in [6.45, 7) is -0.455. The maximum absolute atomic E-state index is 12.9. The lowest BCUT2D eigenvalue weighted by Gasteiger charge is -2.18. The summed E-state index contributed by atoms with van der Waals surface area (Å²) >= 11 is 3.19. The van der Waals surface area contributed by atoms with E-state index in [2.05, 4.69) is 21.2 Å². The van der Waals surface area contributed by atoms with Gasteiger partial charge < -0.3 is 14.8 Å². The standard InChI is InChI=1S/C23H16BrN3O6/c24-19-12-17(27(30)31)8-11-20(19)26-23(29)22(16-4-2-1-3-5-16)33-21(28)14-32-18-9-6-15(13-25)7-10-18/h1-12,22H,14H2,(H,26,29)/t22-/m0/s1. The summed E-state index contributed by atoms with van der Waals surface area (Å²) in [4.78, 5) is 35.7. The number of rotatable bonds is 8. The van der Waals surface area contributed by atoms with E-state index in [9.17, 15) is 19.7 Å². The Bertz CT molecular complexity index is 1210. The van der Waals surface area contributed by atoms with Gasteiger partial charge in [0.15, 0.2) is 6.61 Å². The second-order valence-corrected chi connectivity index (χ2v) is 7.47. The lowest BCUT2D eigenvalue weighted by atomic mass is 10.1. The van der Waals surface area contributed by atoms with Crippen molar-refractivity contribution in [2.75, 3.05) is 11.9 Å². The van der Waals surface area contributed by atoms with Gasteiger partial charge in [0.05, 0.1) is 22.2 Å². The molecule has 1 amide bonds. The van der Waals surface area contributed by atoms with E-state index in [1.54, 1.807) is 54.6 Å². The number of amides is 1. The van der Waals surface area contributed by atoms with Crippen molar-refractivity contribution < 1.29 is 24.0 Å². The van der Waals surface area contributed by atoms with Crippen LogP contribution in [0.1, 0.15) is 17.2 Å². The third kappa shape index (κ3) is 6.38. The Kier molecular flexibility index (Phi) is 7.73. The summed E-state index contributed by atoms with van der Waals surface area (Å²) in [7, 11) is 0. The van der Waals surface area contributed by atoms with Gasteiger partial charge in [-0.15, -0.1) is 0 Å². The number of hydrogen-bond acceptors (Lipinski definition) is 7. The van der Waals surface area contributed by atoms with Crippen molar-refractivity contribution in [1.29, 1.82) is 5.26 Å². The fourth-order valence-corrected chi connectivity index (χ4v) is 3.22. The minimum absolute atomic E-state index is 0.147. The number of esters is 1. The number of hydrogen-bond donors (Lipinski definition) is 1. The number of nitrogens with one attached hydrogen (secondary N) is 1. The van der Waals surface area contributed by atoms with Crippen LogP contribution in [0, 0.1) is 21.4 Å². The molecule has 0 aliphatic rings. The van der Waals surface area contributed by atoms with Crippen molar-refractivity contribution in [2.45, 2.75) is 6.10 Å². The molecule has 3 aromatic rings. The van der Waals surface area contributed by atoms with Gasteiger partial charge in [-0.3, -0.25) is 14.9 Å². The average molecular weight is 510 g/mol. The normalized spacial score (nSPS) is 11.0. The number of halogens is 1. The largest absolute Gasteiger partial charge is 0.482 e. The highest BCUT2D eigenvalue weighted by Gasteiger charge is 2.26.